The van der Waals surface area contributed by atoms with E-state index in [-0.39, 0.29) is 5.41 Å². The summed E-state index contributed by atoms with van der Waals surface area (Å²) in [5, 5.41) is 5.59. The Morgan fingerprint density at radius 3 is 2.84 bits per heavy atom. The van der Waals surface area contributed by atoms with E-state index < -0.39 is 0 Å². The van der Waals surface area contributed by atoms with Gasteiger partial charge in [-0.05, 0) is 44.5 Å². The Morgan fingerprint density at radius 2 is 2.16 bits per heavy atom. The minimum atomic E-state index is 0.271. The SMILES string of the molecule is CCCC1(c2nc3cccc(Cl)c3s2)CCNCC1. The number of benzene rings is 1. The molecule has 0 amide bonds. The Kier molecular flexibility index (Phi) is 3.79. The highest BCUT2D eigenvalue weighted by Gasteiger charge is 2.36. The molecule has 2 aromatic rings. The van der Waals surface area contributed by atoms with Gasteiger partial charge < -0.3 is 5.32 Å². The van der Waals surface area contributed by atoms with Gasteiger partial charge in [-0.1, -0.05) is 31.0 Å². The van der Waals surface area contributed by atoms with E-state index in [1.807, 2.05) is 12.1 Å². The molecule has 1 aromatic heterocycles. The molecule has 1 saturated heterocycles. The van der Waals surface area contributed by atoms with Crippen molar-refractivity contribution in [3.63, 3.8) is 0 Å². The first kappa shape index (κ1) is 13.3. The van der Waals surface area contributed by atoms with Crippen molar-refractivity contribution in [1.29, 1.82) is 0 Å². The number of fused-ring (bicyclic) bond motifs is 1. The molecule has 0 bridgehead atoms. The molecule has 0 atom stereocenters. The molecule has 2 nitrogen and oxygen atoms in total. The van der Waals surface area contributed by atoms with Crippen LogP contribution in [0.25, 0.3) is 10.2 Å². The first-order valence-corrected chi connectivity index (χ1v) is 8.21. The fourth-order valence-corrected chi connectivity index (χ4v) is 4.63. The summed E-state index contributed by atoms with van der Waals surface area (Å²) in [5.41, 5.74) is 1.33. The van der Waals surface area contributed by atoms with Crippen molar-refractivity contribution < 1.29 is 0 Å². The lowest BCUT2D eigenvalue weighted by molar-refractivity contribution is 0.285. The zero-order valence-corrected chi connectivity index (χ0v) is 12.8. The van der Waals surface area contributed by atoms with Crippen LogP contribution in [-0.4, -0.2) is 18.1 Å². The average molecular weight is 295 g/mol. The third-order valence-corrected chi connectivity index (χ3v) is 5.89. The Bertz CT molecular complexity index is 567. The lowest BCUT2D eigenvalue weighted by Crippen LogP contribution is -2.39. The highest BCUT2D eigenvalue weighted by Crippen LogP contribution is 2.42. The van der Waals surface area contributed by atoms with Crippen LogP contribution in [0.4, 0.5) is 0 Å². The maximum atomic E-state index is 6.29. The van der Waals surface area contributed by atoms with Crippen molar-refractivity contribution in [2.75, 3.05) is 13.1 Å². The van der Waals surface area contributed by atoms with Crippen LogP contribution in [0.15, 0.2) is 18.2 Å². The van der Waals surface area contributed by atoms with Crippen LogP contribution >= 0.6 is 22.9 Å². The Balaban J connectivity index is 2.07. The number of hydrogen-bond donors (Lipinski definition) is 1. The van der Waals surface area contributed by atoms with Crippen LogP contribution in [0.3, 0.4) is 0 Å². The quantitative estimate of drug-likeness (QED) is 0.909. The van der Waals surface area contributed by atoms with Crippen molar-refractivity contribution in [2.45, 2.75) is 38.0 Å². The lowest BCUT2D eigenvalue weighted by atomic mass is 9.76. The third-order valence-electron chi connectivity index (χ3n) is 4.11. The van der Waals surface area contributed by atoms with Crippen LogP contribution in [0.5, 0.6) is 0 Å². The van der Waals surface area contributed by atoms with Gasteiger partial charge in [0.05, 0.1) is 15.2 Å². The molecule has 1 fully saturated rings. The zero-order chi connectivity index (χ0) is 13.3. The Hall–Kier alpha value is -0.640. The first-order valence-electron chi connectivity index (χ1n) is 7.01. The van der Waals surface area contributed by atoms with Crippen LogP contribution in [0.1, 0.15) is 37.6 Å². The molecule has 1 aliphatic heterocycles. The van der Waals surface area contributed by atoms with Gasteiger partial charge in [0.2, 0.25) is 0 Å². The van der Waals surface area contributed by atoms with Crippen LogP contribution in [0.2, 0.25) is 5.02 Å². The van der Waals surface area contributed by atoms with E-state index in [2.05, 4.69) is 18.3 Å². The molecule has 0 aliphatic carbocycles. The lowest BCUT2D eigenvalue weighted by Gasteiger charge is -2.35. The van der Waals surface area contributed by atoms with Crippen molar-refractivity contribution >= 4 is 33.2 Å². The topological polar surface area (TPSA) is 24.9 Å². The molecule has 102 valence electrons. The molecule has 1 aliphatic rings. The molecular formula is C15H19ClN2S. The molecule has 3 rings (SSSR count). The van der Waals surface area contributed by atoms with Crippen molar-refractivity contribution in [3.8, 4) is 0 Å². The summed E-state index contributed by atoms with van der Waals surface area (Å²) in [6.07, 6.45) is 4.83. The summed E-state index contributed by atoms with van der Waals surface area (Å²) in [4.78, 5) is 4.89. The minimum Gasteiger partial charge on any atom is -0.317 e. The largest absolute Gasteiger partial charge is 0.317 e. The molecule has 1 N–H and O–H groups in total. The van der Waals surface area contributed by atoms with Crippen molar-refractivity contribution in [1.82, 2.24) is 10.3 Å². The summed E-state index contributed by atoms with van der Waals surface area (Å²) in [7, 11) is 0. The van der Waals surface area contributed by atoms with Gasteiger partial charge in [0.1, 0.15) is 5.01 Å². The van der Waals surface area contributed by atoms with E-state index in [0.29, 0.717) is 0 Å². The van der Waals surface area contributed by atoms with Gasteiger partial charge in [-0.15, -0.1) is 11.3 Å². The second kappa shape index (κ2) is 5.39. The maximum Gasteiger partial charge on any atom is 0.100 e. The molecule has 19 heavy (non-hydrogen) atoms. The van der Waals surface area contributed by atoms with Gasteiger partial charge in [0, 0.05) is 5.41 Å². The fourth-order valence-electron chi connectivity index (χ4n) is 3.10. The second-order valence-electron chi connectivity index (χ2n) is 5.39. The number of thiazole rings is 1. The number of nitrogens with one attached hydrogen (secondary N) is 1. The van der Waals surface area contributed by atoms with Gasteiger partial charge in [0.15, 0.2) is 0 Å². The number of aromatic nitrogens is 1. The molecule has 0 radical (unpaired) electrons. The van der Waals surface area contributed by atoms with Gasteiger partial charge in [-0.3, -0.25) is 0 Å². The predicted octanol–water partition coefficient (Wildman–Crippen LogP) is 4.37. The summed E-state index contributed by atoms with van der Waals surface area (Å²) in [5.74, 6) is 0. The number of halogens is 1. The van der Waals surface area contributed by atoms with Crippen LogP contribution in [0, 0.1) is 0 Å². The van der Waals surface area contributed by atoms with Gasteiger partial charge in [-0.2, -0.15) is 0 Å². The summed E-state index contributed by atoms with van der Waals surface area (Å²) in [6, 6.07) is 6.02. The molecule has 0 saturated carbocycles. The molecular weight excluding hydrogens is 276 g/mol. The van der Waals surface area contributed by atoms with E-state index in [4.69, 9.17) is 16.6 Å². The number of rotatable bonds is 3. The van der Waals surface area contributed by atoms with Gasteiger partial charge in [-0.25, -0.2) is 4.98 Å². The predicted molar refractivity (Wildman–Crippen MR) is 83.3 cm³/mol. The summed E-state index contributed by atoms with van der Waals surface area (Å²) in [6.45, 7) is 4.47. The fraction of sp³-hybridized carbons (Fsp3) is 0.533. The maximum absolute atomic E-state index is 6.29. The minimum absolute atomic E-state index is 0.271. The standard InChI is InChI=1S/C15H19ClN2S/c1-2-6-15(7-9-17-10-8-15)14-18-12-5-3-4-11(16)13(12)19-14/h3-5,17H,2,6-10H2,1H3. The molecule has 1 aromatic carbocycles. The van der Waals surface area contributed by atoms with Gasteiger partial charge >= 0.3 is 0 Å². The smallest absolute Gasteiger partial charge is 0.100 e. The highest BCUT2D eigenvalue weighted by atomic mass is 35.5. The number of hydrogen-bond acceptors (Lipinski definition) is 3. The third kappa shape index (κ3) is 2.39. The zero-order valence-electron chi connectivity index (χ0n) is 11.2. The first-order chi connectivity index (χ1) is 9.25. The molecule has 0 spiro atoms. The molecule has 4 heteroatoms. The van der Waals surface area contributed by atoms with Crippen molar-refractivity contribution in [2.24, 2.45) is 0 Å². The van der Waals surface area contributed by atoms with E-state index >= 15 is 0 Å². The van der Waals surface area contributed by atoms with Crippen molar-refractivity contribution in [3.05, 3.63) is 28.2 Å². The summed E-state index contributed by atoms with van der Waals surface area (Å²) < 4.78 is 1.15. The van der Waals surface area contributed by atoms with Crippen LogP contribution < -0.4 is 5.32 Å². The monoisotopic (exact) mass is 294 g/mol. The average Bonchev–Trinajstić information content (AvgIpc) is 2.86. The second-order valence-corrected chi connectivity index (χ2v) is 6.79. The van der Waals surface area contributed by atoms with E-state index in [0.717, 1.165) is 28.3 Å². The molecule has 2 heterocycles. The van der Waals surface area contributed by atoms with E-state index in [1.165, 1.54) is 30.7 Å². The van der Waals surface area contributed by atoms with Gasteiger partial charge in [0.25, 0.3) is 0 Å². The summed E-state index contributed by atoms with van der Waals surface area (Å²) >= 11 is 8.09. The van der Waals surface area contributed by atoms with E-state index in [9.17, 15) is 0 Å². The normalized spacial score (nSPS) is 18.8. The number of nitrogens with zero attached hydrogens (tertiary/aromatic N) is 1. The highest BCUT2D eigenvalue weighted by molar-refractivity contribution is 7.19. The molecule has 0 unspecified atom stereocenters. The Morgan fingerprint density at radius 1 is 1.37 bits per heavy atom. The van der Waals surface area contributed by atoms with E-state index in [1.54, 1.807) is 11.3 Å². The Labute approximate surface area is 123 Å². The van der Waals surface area contributed by atoms with Crippen LogP contribution in [-0.2, 0) is 5.41 Å². The number of piperidine rings is 1.